The van der Waals surface area contributed by atoms with E-state index in [2.05, 4.69) is 5.32 Å². The first-order chi connectivity index (χ1) is 9.20. The molecule has 3 N–H and O–H groups in total. The third kappa shape index (κ3) is 4.13. The van der Waals surface area contributed by atoms with E-state index in [0.717, 1.165) is 0 Å². The van der Waals surface area contributed by atoms with Gasteiger partial charge in [-0.05, 0) is 30.9 Å². The maximum Gasteiger partial charge on any atom is 0.257 e. The van der Waals surface area contributed by atoms with Crippen LogP contribution in [-0.2, 0) is 4.79 Å². The van der Waals surface area contributed by atoms with E-state index >= 15 is 0 Å². The van der Waals surface area contributed by atoms with E-state index in [4.69, 9.17) is 15.2 Å². The number of benzene rings is 1. The molecular formula is C14H20N2O3. The summed E-state index contributed by atoms with van der Waals surface area (Å²) in [5.74, 6) is 1.59. The smallest absolute Gasteiger partial charge is 0.257 e. The second kappa shape index (κ2) is 6.43. The molecule has 5 heteroatoms. The molecule has 19 heavy (non-hydrogen) atoms. The highest BCUT2D eigenvalue weighted by Crippen LogP contribution is 2.31. The number of rotatable bonds is 7. The van der Waals surface area contributed by atoms with Crippen LogP contribution in [0.1, 0.15) is 12.8 Å². The summed E-state index contributed by atoms with van der Waals surface area (Å²) in [7, 11) is 1.57. The summed E-state index contributed by atoms with van der Waals surface area (Å²) in [6.07, 6.45) is 2.35. The Balaban J connectivity index is 1.73. The molecule has 1 aliphatic rings. The Morgan fingerprint density at radius 1 is 1.42 bits per heavy atom. The molecular weight excluding hydrogens is 244 g/mol. The van der Waals surface area contributed by atoms with Crippen molar-refractivity contribution in [1.29, 1.82) is 0 Å². The Morgan fingerprint density at radius 3 is 2.74 bits per heavy atom. The van der Waals surface area contributed by atoms with Crippen molar-refractivity contribution < 1.29 is 14.3 Å². The van der Waals surface area contributed by atoms with Crippen LogP contribution < -0.4 is 20.5 Å². The first kappa shape index (κ1) is 13.7. The Morgan fingerprint density at radius 2 is 2.11 bits per heavy atom. The molecule has 0 bridgehead atoms. The third-order valence-corrected chi connectivity index (χ3v) is 3.19. The van der Waals surface area contributed by atoms with Crippen molar-refractivity contribution >= 4 is 5.91 Å². The van der Waals surface area contributed by atoms with Gasteiger partial charge in [0, 0.05) is 12.6 Å². The summed E-state index contributed by atoms with van der Waals surface area (Å²) in [6.45, 7) is 0.483. The minimum absolute atomic E-state index is 0.0300. The second-order valence-corrected chi connectivity index (χ2v) is 4.74. The van der Waals surface area contributed by atoms with Gasteiger partial charge in [-0.1, -0.05) is 12.1 Å². The van der Waals surface area contributed by atoms with Crippen molar-refractivity contribution in [3.8, 4) is 11.5 Å². The molecule has 5 nitrogen and oxygen atoms in total. The average molecular weight is 264 g/mol. The van der Waals surface area contributed by atoms with Crippen LogP contribution in [0.5, 0.6) is 11.5 Å². The normalized spacial score (nSPS) is 15.7. The maximum absolute atomic E-state index is 11.6. The van der Waals surface area contributed by atoms with Gasteiger partial charge in [-0.15, -0.1) is 0 Å². The maximum atomic E-state index is 11.6. The summed E-state index contributed by atoms with van der Waals surface area (Å²) < 4.78 is 10.6. The zero-order chi connectivity index (χ0) is 13.7. The van der Waals surface area contributed by atoms with Gasteiger partial charge in [-0.2, -0.15) is 0 Å². The fraction of sp³-hybridized carbons (Fsp3) is 0.500. The summed E-state index contributed by atoms with van der Waals surface area (Å²) in [6, 6.07) is 7.30. The Hall–Kier alpha value is -1.75. The second-order valence-electron chi connectivity index (χ2n) is 4.74. The van der Waals surface area contributed by atoms with Crippen molar-refractivity contribution in [3.63, 3.8) is 0 Å². The van der Waals surface area contributed by atoms with Crippen molar-refractivity contribution in [2.45, 2.75) is 18.9 Å². The van der Waals surface area contributed by atoms with Crippen LogP contribution in [0.2, 0.25) is 0 Å². The first-order valence-corrected chi connectivity index (χ1v) is 6.49. The van der Waals surface area contributed by atoms with Crippen LogP contribution in [0.25, 0.3) is 0 Å². The number of amides is 1. The van der Waals surface area contributed by atoms with Crippen molar-refractivity contribution in [1.82, 2.24) is 5.32 Å². The van der Waals surface area contributed by atoms with Crippen LogP contribution in [0, 0.1) is 5.92 Å². The quantitative estimate of drug-likeness (QED) is 0.768. The molecule has 1 unspecified atom stereocenters. The number of hydrogen-bond donors (Lipinski definition) is 2. The Labute approximate surface area is 113 Å². The number of ether oxygens (including phenoxy) is 2. The van der Waals surface area contributed by atoms with Gasteiger partial charge in [0.1, 0.15) is 0 Å². The lowest BCUT2D eigenvalue weighted by atomic mass is 10.2. The molecule has 0 saturated heterocycles. The highest BCUT2D eigenvalue weighted by Gasteiger charge is 2.28. The summed E-state index contributed by atoms with van der Waals surface area (Å²) in [5.41, 5.74) is 5.90. The van der Waals surface area contributed by atoms with Gasteiger partial charge in [0.2, 0.25) is 0 Å². The van der Waals surface area contributed by atoms with Crippen LogP contribution >= 0.6 is 0 Å². The SMILES string of the molecule is COc1ccccc1OCC(=O)NCC(N)C1CC1. The summed E-state index contributed by atoms with van der Waals surface area (Å²) in [5, 5.41) is 2.78. The Bertz CT molecular complexity index is 432. The first-order valence-electron chi connectivity index (χ1n) is 6.49. The van der Waals surface area contributed by atoms with E-state index in [9.17, 15) is 4.79 Å². The lowest BCUT2D eigenvalue weighted by molar-refractivity contribution is -0.123. The number of methoxy groups -OCH3 is 1. The summed E-state index contributed by atoms with van der Waals surface area (Å²) >= 11 is 0. The van der Waals surface area contributed by atoms with Crippen molar-refractivity contribution in [3.05, 3.63) is 24.3 Å². The Kier molecular flexibility index (Phi) is 4.63. The molecule has 1 aliphatic carbocycles. The average Bonchev–Trinajstić information content (AvgIpc) is 3.27. The third-order valence-electron chi connectivity index (χ3n) is 3.19. The molecule has 0 aromatic heterocycles. The van der Waals surface area contributed by atoms with E-state index in [0.29, 0.717) is 24.0 Å². The number of hydrogen-bond acceptors (Lipinski definition) is 4. The van der Waals surface area contributed by atoms with E-state index in [-0.39, 0.29) is 18.6 Å². The minimum Gasteiger partial charge on any atom is -0.493 e. The number of para-hydroxylation sites is 2. The van der Waals surface area contributed by atoms with Crippen LogP contribution in [0.3, 0.4) is 0 Å². The van der Waals surface area contributed by atoms with Crippen LogP contribution in [-0.4, -0.2) is 32.2 Å². The zero-order valence-electron chi connectivity index (χ0n) is 11.1. The van der Waals surface area contributed by atoms with E-state index in [1.54, 1.807) is 19.2 Å². The van der Waals surface area contributed by atoms with Gasteiger partial charge in [-0.25, -0.2) is 0 Å². The van der Waals surface area contributed by atoms with Gasteiger partial charge in [0.25, 0.3) is 5.91 Å². The number of carbonyl (C=O) groups excluding carboxylic acids is 1. The number of nitrogens with one attached hydrogen (secondary N) is 1. The van der Waals surface area contributed by atoms with Gasteiger partial charge in [0.05, 0.1) is 7.11 Å². The van der Waals surface area contributed by atoms with Gasteiger partial charge in [0.15, 0.2) is 18.1 Å². The highest BCUT2D eigenvalue weighted by molar-refractivity contribution is 5.77. The van der Waals surface area contributed by atoms with Crippen molar-refractivity contribution in [2.24, 2.45) is 11.7 Å². The molecule has 0 aliphatic heterocycles. The van der Waals surface area contributed by atoms with Crippen LogP contribution in [0.4, 0.5) is 0 Å². The summed E-state index contributed by atoms with van der Waals surface area (Å²) in [4.78, 5) is 11.6. The zero-order valence-corrected chi connectivity index (χ0v) is 11.1. The molecule has 0 heterocycles. The number of carbonyl (C=O) groups is 1. The molecule has 1 atom stereocenters. The lowest BCUT2D eigenvalue weighted by Gasteiger charge is -2.13. The molecule has 2 rings (SSSR count). The molecule has 0 radical (unpaired) electrons. The molecule has 1 fully saturated rings. The highest BCUT2D eigenvalue weighted by atomic mass is 16.5. The standard InChI is InChI=1S/C14H20N2O3/c1-18-12-4-2-3-5-13(12)19-9-14(17)16-8-11(15)10-6-7-10/h2-5,10-11H,6-9,15H2,1H3,(H,16,17). The predicted octanol–water partition coefficient (Wildman–Crippen LogP) is 0.927. The molecule has 1 aromatic rings. The van der Waals surface area contributed by atoms with Gasteiger partial charge >= 0.3 is 0 Å². The van der Waals surface area contributed by atoms with Gasteiger partial charge < -0.3 is 20.5 Å². The topological polar surface area (TPSA) is 73.6 Å². The predicted molar refractivity (Wildman–Crippen MR) is 72.2 cm³/mol. The molecule has 1 amide bonds. The van der Waals surface area contributed by atoms with Crippen LogP contribution in [0.15, 0.2) is 24.3 Å². The number of nitrogens with two attached hydrogens (primary N) is 1. The van der Waals surface area contributed by atoms with E-state index in [1.807, 2.05) is 12.1 Å². The minimum atomic E-state index is -0.165. The van der Waals surface area contributed by atoms with Gasteiger partial charge in [-0.3, -0.25) is 4.79 Å². The van der Waals surface area contributed by atoms with E-state index in [1.165, 1.54) is 12.8 Å². The largest absolute Gasteiger partial charge is 0.493 e. The molecule has 1 aromatic carbocycles. The van der Waals surface area contributed by atoms with E-state index < -0.39 is 0 Å². The molecule has 1 saturated carbocycles. The lowest BCUT2D eigenvalue weighted by Crippen LogP contribution is -2.40. The van der Waals surface area contributed by atoms with Crippen molar-refractivity contribution in [2.75, 3.05) is 20.3 Å². The molecule has 104 valence electrons. The molecule has 0 spiro atoms. The fourth-order valence-electron chi connectivity index (χ4n) is 1.86. The monoisotopic (exact) mass is 264 g/mol. The fourth-order valence-corrected chi connectivity index (χ4v) is 1.86.